The van der Waals surface area contributed by atoms with Gasteiger partial charge >= 0.3 is 0 Å². The maximum Gasteiger partial charge on any atom is 0.0694 e. The summed E-state index contributed by atoms with van der Waals surface area (Å²) in [6.45, 7) is 10.2. The van der Waals surface area contributed by atoms with E-state index >= 15 is 0 Å². The minimum atomic E-state index is 0.499. The van der Waals surface area contributed by atoms with Crippen LogP contribution in [0.3, 0.4) is 0 Å². The van der Waals surface area contributed by atoms with E-state index in [4.69, 9.17) is 0 Å². The number of nitrogens with one attached hydrogen (secondary N) is 1. The van der Waals surface area contributed by atoms with E-state index < -0.39 is 0 Å². The first kappa shape index (κ1) is 15.5. The molecule has 0 saturated carbocycles. The molecule has 1 N–H and O–H groups in total. The Bertz CT molecular complexity index is 389. The van der Waals surface area contributed by atoms with E-state index in [0.29, 0.717) is 5.92 Å². The smallest absolute Gasteiger partial charge is 0.0694 e. The van der Waals surface area contributed by atoms with Gasteiger partial charge in [0.2, 0.25) is 0 Å². The van der Waals surface area contributed by atoms with E-state index in [0.717, 1.165) is 13.1 Å². The molecule has 0 radical (unpaired) electrons. The van der Waals surface area contributed by atoms with Gasteiger partial charge in [-0.05, 0) is 31.8 Å². The lowest BCUT2D eigenvalue weighted by Crippen LogP contribution is -2.32. The van der Waals surface area contributed by atoms with Crippen molar-refractivity contribution < 1.29 is 0 Å². The molecular weight excluding hydrogens is 248 g/mol. The molecule has 2 rings (SSSR count). The Hall–Kier alpha value is -0.870. The van der Waals surface area contributed by atoms with Crippen molar-refractivity contribution in [2.75, 3.05) is 26.2 Å². The van der Waals surface area contributed by atoms with E-state index in [1.54, 1.807) is 0 Å². The number of likely N-dealkylation sites (tertiary alicyclic amines) is 1. The summed E-state index contributed by atoms with van der Waals surface area (Å²) in [7, 11) is 2.01. The van der Waals surface area contributed by atoms with Crippen molar-refractivity contribution in [1.29, 1.82) is 0 Å². The second-order valence-electron chi connectivity index (χ2n) is 6.30. The van der Waals surface area contributed by atoms with Gasteiger partial charge in [0.05, 0.1) is 5.69 Å². The molecule has 0 amide bonds. The van der Waals surface area contributed by atoms with Crippen molar-refractivity contribution in [3.05, 3.63) is 17.5 Å². The van der Waals surface area contributed by atoms with Crippen molar-refractivity contribution in [3.63, 3.8) is 0 Å². The third-order valence-corrected chi connectivity index (χ3v) is 4.10. The maximum absolute atomic E-state index is 4.56. The molecule has 0 unspecified atom stereocenters. The molecule has 1 saturated heterocycles. The van der Waals surface area contributed by atoms with Gasteiger partial charge in [-0.25, -0.2) is 0 Å². The standard InChI is InChI=1S/C16H30N4/c1-14(2)16-15(13-19(3)18-16)12-17-8-11-20-9-6-4-5-7-10-20/h13-14,17H,4-12H2,1-3H3. The van der Waals surface area contributed by atoms with Crippen LogP contribution in [0.25, 0.3) is 0 Å². The van der Waals surface area contributed by atoms with Crippen LogP contribution in [-0.2, 0) is 13.6 Å². The average Bonchev–Trinajstić information content (AvgIpc) is 2.62. The number of nitrogens with zero attached hydrogens (tertiary/aromatic N) is 3. The highest BCUT2D eigenvalue weighted by molar-refractivity contribution is 5.19. The van der Waals surface area contributed by atoms with Crippen LogP contribution in [0.1, 0.15) is 56.7 Å². The Morgan fingerprint density at radius 3 is 2.55 bits per heavy atom. The second kappa shape index (κ2) is 7.79. The summed E-state index contributed by atoms with van der Waals surface area (Å²) in [4.78, 5) is 2.60. The average molecular weight is 278 g/mol. The van der Waals surface area contributed by atoms with Crippen LogP contribution in [0, 0.1) is 0 Å². The summed E-state index contributed by atoms with van der Waals surface area (Å²) < 4.78 is 1.93. The molecule has 0 aromatic carbocycles. The van der Waals surface area contributed by atoms with Crippen LogP contribution >= 0.6 is 0 Å². The van der Waals surface area contributed by atoms with Gasteiger partial charge in [-0.1, -0.05) is 26.7 Å². The molecule has 1 fully saturated rings. The lowest BCUT2D eigenvalue weighted by molar-refractivity contribution is 0.284. The molecular formula is C16H30N4. The van der Waals surface area contributed by atoms with Crippen molar-refractivity contribution >= 4 is 0 Å². The largest absolute Gasteiger partial charge is 0.311 e. The maximum atomic E-state index is 4.56. The highest BCUT2D eigenvalue weighted by Crippen LogP contribution is 2.16. The third-order valence-electron chi connectivity index (χ3n) is 4.10. The van der Waals surface area contributed by atoms with Crippen molar-refractivity contribution in [1.82, 2.24) is 20.0 Å². The molecule has 0 aliphatic carbocycles. The lowest BCUT2D eigenvalue weighted by Gasteiger charge is -2.19. The summed E-state index contributed by atoms with van der Waals surface area (Å²) in [5.74, 6) is 0.499. The Morgan fingerprint density at radius 2 is 1.90 bits per heavy atom. The van der Waals surface area contributed by atoms with Crippen LogP contribution in [-0.4, -0.2) is 40.9 Å². The molecule has 1 aromatic heterocycles. The summed E-state index contributed by atoms with van der Waals surface area (Å²) in [5, 5.41) is 8.14. The molecule has 4 nitrogen and oxygen atoms in total. The molecule has 1 aliphatic heterocycles. The van der Waals surface area contributed by atoms with Gasteiger partial charge in [0, 0.05) is 38.4 Å². The number of rotatable bonds is 6. The SMILES string of the molecule is CC(C)c1nn(C)cc1CNCCN1CCCCCC1. The van der Waals surface area contributed by atoms with Gasteiger partial charge in [0.25, 0.3) is 0 Å². The van der Waals surface area contributed by atoms with Crippen LogP contribution in [0.4, 0.5) is 0 Å². The van der Waals surface area contributed by atoms with Crippen molar-refractivity contribution in [2.45, 2.75) is 52.0 Å². The minimum Gasteiger partial charge on any atom is -0.311 e. The molecule has 0 atom stereocenters. The zero-order chi connectivity index (χ0) is 14.4. The molecule has 114 valence electrons. The topological polar surface area (TPSA) is 33.1 Å². The van der Waals surface area contributed by atoms with E-state index in [1.165, 1.54) is 56.6 Å². The van der Waals surface area contributed by atoms with Crippen molar-refractivity contribution in [2.24, 2.45) is 7.05 Å². The zero-order valence-electron chi connectivity index (χ0n) is 13.4. The lowest BCUT2D eigenvalue weighted by atomic mass is 10.1. The van der Waals surface area contributed by atoms with Gasteiger partial charge in [0.15, 0.2) is 0 Å². The van der Waals surface area contributed by atoms with Crippen LogP contribution < -0.4 is 5.32 Å². The van der Waals surface area contributed by atoms with Crippen LogP contribution in [0.15, 0.2) is 6.20 Å². The van der Waals surface area contributed by atoms with Crippen molar-refractivity contribution in [3.8, 4) is 0 Å². The Morgan fingerprint density at radius 1 is 1.20 bits per heavy atom. The highest BCUT2D eigenvalue weighted by Gasteiger charge is 2.11. The van der Waals surface area contributed by atoms with Gasteiger partial charge in [-0.15, -0.1) is 0 Å². The molecule has 1 aliphatic rings. The Labute approximate surface area is 123 Å². The van der Waals surface area contributed by atoms with Gasteiger partial charge < -0.3 is 10.2 Å². The quantitative estimate of drug-likeness (QED) is 0.812. The summed E-state index contributed by atoms with van der Waals surface area (Å²) in [5.41, 5.74) is 2.58. The number of aromatic nitrogens is 2. The second-order valence-corrected chi connectivity index (χ2v) is 6.30. The summed E-state index contributed by atoms with van der Waals surface area (Å²) >= 11 is 0. The molecule has 20 heavy (non-hydrogen) atoms. The Kier molecular flexibility index (Phi) is 6.05. The molecule has 0 spiro atoms. The first-order chi connectivity index (χ1) is 9.66. The number of aryl methyl sites for hydroxylation is 1. The predicted molar refractivity (Wildman–Crippen MR) is 83.9 cm³/mol. The molecule has 1 aromatic rings. The van der Waals surface area contributed by atoms with Gasteiger partial charge in [-0.3, -0.25) is 4.68 Å². The minimum absolute atomic E-state index is 0.499. The monoisotopic (exact) mass is 278 g/mol. The molecule has 0 bridgehead atoms. The summed E-state index contributed by atoms with van der Waals surface area (Å²) in [6.07, 6.45) is 7.73. The normalized spacial score (nSPS) is 17.6. The number of hydrogen-bond acceptors (Lipinski definition) is 3. The van der Waals surface area contributed by atoms with E-state index in [2.05, 4.69) is 35.4 Å². The number of hydrogen-bond donors (Lipinski definition) is 1. The van der Waals surface area contributed by atoms with Gasteiger partial charge in [-0.2, -0.15) is 5.10 Å². The molecule has 2 heterocycles. The first-order valence-electron chi connectivity index (χ1n) is 8.12. The van der Waals surface area contributed by atoms with Gasteiger partial charge in [0.1, 0.15) is 0 Å². The van der Waals surface area contributed by atoms with E-state index in [-0.39, 0.29) is 0 Å². The zero-order valence-corrected chi connectivity index (χ0v) is 13.4. The Balaban J connectivity index is 1.72. The third kappa shape index (κ3) is 4.60. The van der Waals surface area contributed by atoms with E-state index in [9.17, 15) is 0 Å². The van der Waals surface area contributed by atoms with Crippen LogP contribution in [0.5, 0.6) is 0 Å². The fraction of sp³-hybridized carbons (Fsp3) is 0.812. The molecule has 4 heteroatoms. The summed E-state index contributed by atoms with van der Waals surface area (Å²) in [6, 6.07) is 0. The first-order valence-corrected chi connectivity index (χ1v) is 8.12. The van der Waals surface area contributed by atoms with Crippen LogP contribution in [0.2, 0.25) is 0 Å². The fourth-order valence-electron chi connectivity index (χ4n) is 3.00. The predicted octanol–water partition coefficient (Wildman–Crippen LogP) is 2.51. The fourth-order valence-corrected chi connectivity index (χ4v) is 3.00. The van der Waals surface area contributed by atoms with E-state index in [1.807, 2.05) is 11.7 Å². The highest BCUT2D eigenvalue weighted by atomic mass is 15.3.